The molecule has 1 heterocycles. The SMILES string of the molecule is CC1(CNC(=O)CSC(F)(F)F)CCNCC1.Cl. The molecule has 0 aromatic heterocycles. The van der Waals surface area contributed by atoms with Crippen LogP contribution in [0, 0.1) is 5.41 Å². The van der Waals surface area contributed by atoms with Gasteiger partial charge in [-0.15, -0.1) is 12.4 Å². The van der Waals surface area contributed by atoms with Gasteiger partial charge < -0.3 is 10.6 Å². The lowest BCUT2D eigenvalue weighted by molar-refractivity contribution is -0.119. The van der Waals surface area contributed by atoms with Crippen molar-refractivity contribution in [3.05, 3.63) is 0 Å². The van der Waals surface area contributed by atoms with E-state index in [0.29, 0.717) is 6.54 Å². The lowest BCUT2D eigenvalue weighted by Gasteiger charge is -2.34. The summed E-state index contributed by atoms with van der Waals surface area (Å²) in [6.45, 7) is 4.28. The van der Waals surface area contributed by atoms with Crippen LogP contribution in [0.3, 0.4) is 0 Å². The Hall–Kier alpha value is -0.140. The number of hydrogen-bond acceptors (Lipinski definition) is 3. The highest BCUT2D eigenvalue weighted by atomic mass is 35.5. The number of piperidine rings is 1. The molecule has 0 aliphatic carbocycles. The lowest BCUT2D eigenvalue weighted by atomic mass is 9.81. The van der Waals surface area contributed by atoms with E-state index in [1.165, 1.54) is 0 Å². The van der Waals surface area contributed by atoms with Gasteiger partial charge in [0, 0.05) is 6.54 Å². The van der Waals surface area contributed by atoms with Gasteiger partial charge in [0.2, 0.25) is 5.91 Å². The van der Waals surface area contributed by atoms with Gasteiger partial charge in [0.05, 0.1) is 5.75 Å². The second-order valence-corrected chi connectivity index (χ2v) is 5.61. The van der Waals surface area contributed by atoms with Crippen molar-refractivity contribution in [3.63, 3.8) is 0 Å². The number of rotatable bonds is 4. The van der Waals surface area contributed by atoms with E-state index < -0.39 is 17.2 Å². The third kappa shape index (κ3) is 7.33. The van der Waals surface area contributed by atoms with Crippen molar-refractivity contribution in [3.8, 4) is 0 Å². The number of thioether (sulfide) groups is 1. The quantitative estimate of drug-likeness (QED) is 0.836. The molecule has 108 valence electrons. The third-order valence-corrected chi connectivity index (χ3v) is 3.62. The Balaban J connectivity index is 0.00000289. The molecule has 0 aromatic carbocycles. The predicted molar refractivity (Wildman–Crippen MR) is 69.0 cm³/mol. The summed E-state index contributed by atoms with van der Waals surface area (Å²) in [6, 6.07) is 0. The maximum Gasteiger partial charge on any atom is 0.442 e. The number of amides is 1. The average Bonchev–Trinajstić information content (AvgIpc) is 2.24. The van der Waals surface area contributed by atoms with Gasteiger partial charge in [-0.05, 0) is 43.1 Å². The van der Waals surface area contributed by atoms with Crippen LogP contribution in [-0.4, -0.2) is 36.8 Å². The smallest absolute Gasteiger partial charge is 0.355 e. The molecule has 0 unspecified atom stereocenters. The van der Waals surface area contributed by atoms with Gasteiger partial charge >= 0.3 is 5.51 Å². The zero-order chi connectivity index (χ0) is 12.9. The van der Waals surface area contributed by atoms with E-state index >= 15 is 0 Å². The van der Waals surface area contributed by atoms with Gasteiger partial charge in [0.1, 0.15) is 0 Å². The van der Waals surface area contributed by atoms with Gasteiger partial charge in [0.15, 0.2) is 0 Å². The summed E-state index contributed by atoms with van der Waals surface area (Å²) in [5.41, 5.74) is -4.33. The molecule has 0 aromatic rings. The largest absolute Gasteiger partial charge is 0.442 e. The van der Waals surface area contributed by atoms with Crippen LogP contribution in [0.1, 0.15) is 19.8 Å². The minimum absolute atomic E-state index is 0. The molecule has 1 saturated heterocycles. The van der Waals surface area contributed by atoms with Crippen molar-refractivity contribution in [2.75, 3.05) is 25.4 Å². The molecular weight excluding hydrogens is 289 g/mol. The summed E-state index contributed by atoms with van der Waals surface area (Å²) in [5.74, 6) is -1.11. The Morgan fingerprint density at radius 3 is 2.44 bits per heavy atom. The van der Waals surface area contributed by atoms with Crippen LogP contribution in [0.2, 0.25) is 0 Å². The number of hydrogen-bond donors (Lipinski definition) is 2. The zero-order valence-corrected chi connectivity index (χ0v) is 11.7. The fraction of sp³-hybridized carbons (Fsp3) is 0.900. The van der Waals surface area contributed by atoms with Crippen molar-refractivity contribution < 1.29 is 18.0 Å². The van der Waals surface area contributed by atoms with E-state index in [4.69, 9.17) is 0 Å². The molecule has 0 radical (unpaired) electrons. The van der Waals surface area contributed by atoms with Crippen LogP contribution in [0.25, 0.3) is 0 Å². The molecule has 1 aliphatic rings. The standard InChI is InChI=1S/C10H17F3N2OS.ClH/c1-9(2-4-14-5-3-9)7-15-8(16)6-17-10(11,12)13;/h14H,2-7H2,1H3,(H,15,16);1H. The van der Waals surface area contributed by atoms with Gasteiger partial charge in [-0.25, -0.2) is 0 Å². The van der Waals surface area contributed by atoms with Gasteiger partial charge in [-0.1, -0.05) is 6.92 Å². The maximum absolute atomic E-state index is 11.9. The molecule has 3 nitrogen and oxygen atoms in total. The summed E-state index contributed by atoms with van der Waals surface area (Å²) in [6.07, 6.45) is 1.86. The van der Waals surface area contributed by atoms with Crippen molar-refractivity contribution >= 4 is 30.1 Å². The highest BCUT2D eigenvalue weighted by Gasteiger charge is 2.30. The Bertz CT molecular complexity index is 270. The highest BCUT2D eigenvalue weighted by molar-refractivity contribution is 8.00. The van der Waals surface area contributed by atoms with E-state index in [-0.39, 0.29) is 29.6 Å². The summed E-state index contributed by atoms with van der Waals surface area (Å²) < 4.78 is 35.6. The van der Waals surface area contributed by atoms with Gasteiger partial charge in [-0.2, -0.15) is 13.2 Å². The molecule has 1 amide bonds. The first-order valence-electron chi connectivity index (χ1n) is 5.49. The van der Waals surface area contributed by atoms with Crippen LogP contribution in [-0.2, 0) is 4.79 Å². The van der Waals surface area contributed by atoms with Gasteiger partial charge in [-0.3, -0.25) is 4.79 Å². The lowest BCUT2D eigenvalue weighted by Crippen LogP contribution is -2.43. The minimum Gasteiger partial charge on any atom is -0.355 e. The molecule has 18 heavy (non-hydrogen) atoms. The summed E-state index contributed by atoms with van der Waals surface area (Å²) in [5, 5.41) is 5.78. The van der Waals surface area contributed by atoms with Gasteiger partial charge in [0.25, 0.3) is 0 Å². The fourth-order valence-corrected chi connectivity index (χ4v) is 2.11. The summed E-state index contributed by atoms with van der Waals surface area (Å²) in [7, 11) is 0. The van der Waals surface area contributed by atoms with E-state index in [1.807, 2.05) is 6.92 Å². The first kappa shape index (κ1) is 17.9. The van der Waals surface area contributed by atoms with Crippen molar-refractivity contribution in [1.82, 2.24) is 10.6 Å². The second kappa shape index (κ2) is 7.45. The minimum atomic E-state index is -4.34. The highest BCUT2D eigenvalue weighted by Crippen LogP contribution is 2.30. The number of carbonyl (C=O) groups excluding carboxylic acids is 1. The Morgan fingerprint density at radius 1 is 1.39 bits per heavy atom. The maximum atomic E-state index is 11.9. The first-order valence-corrected chi connectivity index (χ1v) is 6.47. The molecule has 1 fully saturated rings. The molecule has 0 bridgehead atoms. The van der Waals surface area contributed by atoms with E-state index in [1.54, 1.807) is 0 Å². The zero-order valence-electron chi connectivity index (χ0n) is 10.1. The molecule has 0 saturated carbocycles. The predicted octanol–water partition coefficient (Wildman–Crippen LogP) is 2.17. The van der Waals surface area contributed by atoms with Crippen LogP contribution >= 0.6 is 24.2 Å². The molecule has 0 atom stereocenters. The number of halogens is 4. The molecule has 1 rings (SSSR count). The van der Waals surface area contributed by atoms with E-state index in [9.17, 15) is 18.0 Å². The number of alkyl halides is 3. The second-order valence-electron chi connectivity index (χ2n) is 4.57. The molecule has 2 N–H and O–H groups in total. The molecule has 1 aliphatic heterocycles. The molecule has 8 heteroatoms. The first-order chi connectivity index (χ1) is 7.81. The normalized spacial score (nSPS) is 18.9. The third-order valence-electron chi connectivity index (χ3n) is 2.89. The topological polar surface area (TPSA) is 41.1 Å². The van der Waals surface area contributed by atoms with Crippen LogP contribution in [0.15, 0.2) is 0 Å². The van der Waals surface area contributed by atoms with Crippen LogP contribution in [0.4, 0.5) is 13.2 Å². The fourth-order valence-electron chi connectivity index (χ4n) is 1.72. The average molecular weight is 307 g/mol. The number of nitrogens with one attached hydrogen (secondary N) is 2. The Kier molecular flexibility index (Phi) is 7.39. The van der Waals surface area contributed by atoms with Crippen molar-refractivity contribution in [2.24, 2.45) is 5.41 Å². The van der Waals surface area contributed by atoms with Crippen molar-refractivity contribution in [1.29, 1.82) is 0 Å². The molecule has 0 spiro atoms. The van der Waals surface area contributed by atoms with E-state index in [2.05, 4.69) is 10.6 Å². The number of carbonyl (C=O) groups is 1. The monoisotopic (exact) mass is 306 g/mol. The summed E-state index contributed by atoms with van der Waals surface area (Å²) >= 11 is -0.297. The van der Waals surface area contributed by atoms with Crippen LogP contribution in [0.5, 0.6) is 0 Å². The van der Waals surface area contributed by atoms with E-state index in [0.717, 1.165) is 25.9 Å². The van der Waals surface area contributed by atoms with Crippen LogP contribution < -0.4 is 10.6 Å². The van der Waals surface area contributed by atoms with Crippen molar-refractivity contribution in [2.45, 2.75) is 25.3 Å². The summed E-state index contributed by atoms with van der Waals surface area (Å²) in [4.78, 5) is 11.2. The Morgan fingerprint density at radius 2 is 1.94 bits per heavy atom. The Labute approximate surface area is 115 Å². The molecular formula is C10H18ClF3N2OS.